The van der Waals surface area contributed by atoms with E-state index < -0.39 is 18.2 Å². The molecular formula is C4H7IO4. The van der Waals surface area contributed by atoms with Crippen LogP contribution in [0.2, 0.25) is 0 Å². The summed E-state index contributed by atoms with van der Waals surface area (Å²) in [5, 5.41) is 25.3. The second-order valence-electron chi connectivity index (χ2n) is 1.50. The summed E-state index contributed by atoms with van der Waals surface area (Å²) in [5.74, 6) is -1.39. The van der Waals surface area contributed by atoms with Gasteiger partial charge in [-0.2, -0.15) is 0 Å². The van der Waals surface area contributed by atoms with Crippen LogP contribution in [0.3, 0.4) is 0 Å². The highest BCUT2D eigenvalue weighted by Gasteiger charge is 2.21. The van der Waals surface area contributed by atoms with Crippen LogP contribution in [0.4, 0.5) is 0 Å². The van der Waals surface area contributed by atoms with E-state index in [-0.39, 0.29) is 4.43 Å². The molecular weight excluding hydrogens is 239 g/mol. The summed E-state index contributed by atoms with van der Waals surface area (Å²) in [6, 6.07) is 0. The fourth-order valence-corrected chi connectivity index (χ4v) is 0.731. The van der Waals surface area contributed by atoms with E-state index in [1.165, 1.54) is 0 Å². The Hall–Kier alpha value is 0.120. The summed E-state index contributed by atoms with van der Waals surface area (Å²) in [6.45, 7) is 0. The lowest BCUT2D eigenvalue weighted by Crippen LogP contribution is -2.34. The zero-order chi connectivity index (χ0) is 7.44. The molecule has 0 aromatic rings. The number of aliphatic hydroxyl groups excluding tert-OH is 2. The van der Waals surface area contributed by atoms with E-state index in [1.54, 1.807) is 22.6 Å². The molecule has 0 aliphatic rings. The molecule has 0 aromatic heterocycles. The zero-order valence-electron chi connectivity index (χ0n) is 4.49. The van der Waals surface area contributed by atoms with Crippen LogP contribution in [0.5, 0.6) is 0 Å². The number of alkyl halides is 1. The maximum Gasteiger partial charge on any atom is 0.335 e. The van der Waals surface area contributed by atoms with E-state index in [1.807, 2.05) is 0 Å². The van der Waals surface area contributed by atoms with Gasteiger partial charge in [-0.05, 0) is 0 Å². The average molecular weight is 246 g/mol. The van der Waals surface area contributed by atoms with Gasteiger partial charge < -0.3 is 15.3 Å². The molecule has 0 fully saturated rings. The Kier molecular flexibility index (Phi) is 4.07. The van der Waals surface area contributed by atoms with Crippen molar-refractivity contribution in [1.82, 2.24) is 0 Å². The minimum atomic E-state index is -1.65. The first kappa shape index (κ1) is 9.12. The smallest absolute Gasteiger partial charge is 0.335 e. The van der Waals surface area contributed by atoms with Crippen molar-refractivity contribution in [3.8, 4) is 0 Å². The van der Waals surface area contributed by atoms with E-state index in [9.17, 15) is 4.79 Å². The van der Waals surface area contributed by atoms with Gasteiger partial charge in [-0.25, -0.2) is 4.79 Å². The number of halogens is 1. The molecule has 0 rings (SSSR count). The maximum atomic E-state index is 9.89. The topological polar surface area (TPSA) is 77.8 Å². The summed E-state index contributed by atoms with van der Waals surface area (Å²) in [6.07, 6.45) is -2.81. The first-order chi connectivity index (χ1) is 4.09. The van der Waals surface area contributed by atoms with Crippen molar-refractivity contribution in [2.75, 3.05) is 4.43 Å². The first-order valence-electron chi connectivity index (χ1n) is 2.24. The molecule has 0 aromatic carbocycles. The highest BCUT2D eigenvalue weighted by molar-refractivity contribution is 14.1. The number of carbonyl (C=O) groups is 1. The molecule has 0 saturated carbocycles. The summed E-state index contributed by atoms with van der Waals surface area (Å²) in [7, 11) is 0. The van der Waals surface area contributed by atoms with Crippen LogP contribution in [0.1, 0.15) is 0 Å². The molecule has 0 spiro atoms. The van der Waals surface area contributed by atoms with Crippen LogP contribution in [0.25, 0.3) is 0 Å². The fraction of sp³-hybridized carbons (Fsp3) is 0.750. The Balaban J connectivity index is 3.72. The predicted molar refractivity (Wildman–Crippen MR) is 38.5 cm³/mol. The number of carboxylic acid groups (broad SMARTS) is 1. The van der Waals surface area contributed by atoms with Gasteiger partial charge in [0, 0.05) is 4.43 Å². The number of hydrogen-bond donors (Lipinski definition) is 3. The van der Waals surface area contributed by atoms with Gasteiger partial charge in [0.1, 0.15) is 0 Å². The number of rotatable bonds is 3. The van der Waals surface area contributed by atoms with E-state index in [4.69, 9.17) is 15.3 Å². The van der Waals surface area contributed by atoms with Crippen LogP contribution in [-0.2, 0) is 4.79 Å². The third-order valence-electron chi connectivity index (χ3n) is 0.776. The van der Waals surface area contributed by atoms with Crippen molar-refractivity contribution >= 4 is 28.6 Å². The fourth-order valence-electron chi connectivity index (χ4n) is 0.249. The molecule has 2 atom stereocenters. The summed E-state index contributed by atoms with van der Waals surface area (Å²) >= 11 is 1.79. The Morgan fingerprint density at radius 2 is 2.00 bits per heavy atom. The van der Waals surface area contributed by atoms with Gasteiger partial charge in [-0.3, -0.25) is 0 Å². The summed E-state index contributed by atoms with van der Waals surface area (Å²) in [5.41, 5.74) is 0. The van der Waals surface area contributed by atoms with Crippen LogP contribution in [0, 0.1) is 0 Å². The minimum absolute atomic E-state index is 0.214. The van der Waals surface area contributed by atoms with E-state index in [0.29, 0.717) is 0 Å². The Bertz CT molecular complexity index is 105. The molecule has 5 heteroatoms. The van der Waals surface area contributed by atoms with E-state index in [0.717, 1.165) is 0 Å². The summed E-state index contributed by atoms with van der Waals surface area (Å²) in [4.78, 5) is 9.89. The molecule has 3 N–H and O–H groups in total. The zero-order valence-corrected chi connectivity index (χ0v) is 6.65. The van der Waals surface area contributed by atoms with Crippen molar-refractivity contribution in [1.29, 1.82) is 0 Å². The largest absolute Gasteiger partial charge is 0.479 e. The maximum absolute atomic E-state index is 9.89. The van der Waals surface area contributed by atoms with Gasteiger partial charge >= 0.3 is 5.97 Å². The molecule has 0 saturated heterocycles. The minimum Gasteiger partial charge on any atom is -0.479 e. The normalized spacial score (nSPS) is 16.8. The molecule has 0 bridgehead atoms. The highest BCUT2D eigenvalue weighted by Crippen LogP contribution is 1.97. The Morgan fingerprint density at radius 3 is 2.11 bits per heavy atom. The lowest BCUT2D eigenvalue weighted by atomic mass is 10.2. The molecule has 54 valence electrons. The Labute approximate surface area is 65.6 Å². The van der Waals surface area contributed by atoms with Crippen LogP contribution in [-0.4, -0.2) is 37.9 Å². The van der Waals surface area contributed by atoms with Crippen LogP contribution < -0.4 is 0 Å². The van der Waals surface area contributed by atoms with Crippen molar-refractivity contribution in [3.63, 3.8) is 0 Å². The van der Waals surface area contributed by atoms with Crippen LogP contribution >= 0.6 is 22.6 Å². The monoisotopic (exact) mass is 246 g/mol. The standard InChI is InChI=1S/C4H7IO4/c5-1-2(6)3(7)4(8)9/h2-3,6-7H,1H2,(H,8,9)/t2-,3+/m0/s1. The number of aliphatic carboxylic acids is 1. The highest BCUT2D eigenvalue weighted by atomic mass is 127. The lowest BCUT2D eigenvalue weighted by Gasteiger charge is -2.08. The number of carboxylic acids is 1. The molecule has 0 amide bonds. The van der Waals surface area contributed by atoms with Crippen molar-refractivity contribution in [3.05, 3.63) is 0 Å². The second-order valence-corrected chi connectivity index (χ2v) is 2.39. The quantitative estimate of drug-likeness (QED) is 0.451. The van der Waals surface area contributed by atoms with Gasteiger partial charge in [0.25, 0.3) is 0 Å². The molecule has 0 unspecified atom stereocenters. The van der Waals surface area contributed by atoms with Gasteiger partial charge in [0.05, 0.1) is 6.10 Å². The average Bonchev–Trinajstić information content (AvgIpc) is 1.84. The van der Waals surface area contributed by atoms with Gasteiger partial charge in [-0.15, -0.1) is 0 Å². The van der Waals surface area contributed by atoms with Gasteiger partial charge in [-0.1, -0.05) is 22.6 Å². The molecule has 0 aliphatic heterocycles. The summed E-state index contributed by atoms with van der Waals surface area (Å²) < 4.78 is 0.214. The number of aliphatic hydroxyl groups is 2. The van der Waals surface area contributed by atoms with E-state index in [2.05, 4.69) is 0 Å². The van der Waals surface area contributed by atoms with Gasteiger partial charge in [0.2, 0.25) is 0 Å². The van der Waals surface area contributed by atoms with Crippen molar-refractivity contribution in [2.45, 2.75) is 12.2 Å². The van der Waals surface area contributed by atoms with Gasteiger partial charge in [0.15, 0.2) is 6.10 Å². The number of hydrogen-bond acceptors (Lipinski definition) is 3. The SMILES string of the molecule is O=C(O)[C@H](O)[C@@H](O)CI. The Morgan fingerprint density at radius 1 is 1.56 bits per heavy atom. The molecule has 9 heavy (non-hydrogen) atoms. The van der Waals surface area contributed by atoms with Crippen molar-refractivity contribution < 1.29 is 20.1 Å². The predicted octanol–water partition coefficient (Wildman–Crippen LogP) is -0.772. The third kappa shape index (κ3) is 2.97. The van der Waals surface area contributed by atoms with E-state index >= 15 is 0 Å². The lowest BCUT2D eigenvalue weighted by molar-refractivity contribution is -0.151. The molecule has 0 radical (unpaired) electrons. The molecule has 0 heterocycles. The first-order valence-corrected chi connectivity index (χ1v) is 3.77. The molecule has 0 aliphatic carbocycles. The molecule has 4 nitrogen and oxygen atoms in total. The van der Waals surface area contributed by atoms with Crippen molar-refractivity contribution in [2.24, 2.45) is 0 Å². The third-order valence-corrected chi connectivity index (χ3v) is 1.68. The van der Waals surface area contributed by atoms with Crippen LogP contribution in [0.15, 0.2) is 0 Å². The second kappa shape index (κ2) is 4.02.